The number of nitrogens with zero attached hydrogens (tertiary/aromatic N) is 2. The summed E-state index contributed by atoms with van der Waals surface area (Å²) in [5.74, 6) is 1.09. The lowest BCUT2D eigenvalue weighted by Crippen LogP contribution is -2.40. The lowest BCUT2D eigenvalue weighted by molar-refractivity contribution is -0.113. The van der Waals surface area contributed by atoms with Crippen LogP contribution in [0.25, 0.3) is 6.08 Å². The summed E-state index contributed by atoms with van der Waals surface area (Å²) in [6.07, 6.45) is 3.50. The third-order valence-corrected chi connectivity index (χ3v) is 7.31. The van der Waals surface area contributed by atoms with Crippen molar-refractivity contribution in [2.24, 2.45) is 4.99 Å². The monoisotopic (exact) mass is 551 g/mol. The molecule has 0 bridgehead atoms. The number of para-hydroxylation sites is 1. The molecular formula is C32H29N3O4S. The third-order valence-electron chi connectivity index (χ3n) is 6.33. The fraction of sp³-hybridized carbons (Fsp3) is 0.156. The van der Waals surface area contributed by atoms with Gasteiger partial charge in [0.15, 0.2) is 4.80 Å². The zero-order chi connectivity index (χ0) is 28.1. The zero-order valence-electron chi connectivity index (χ0n) is 22.3. The maximum atomic E-state index is 13.9. The van der Waals surface area contributed by atoms with Crippen LogP contribution in [0.2, 0.25) is 0 Å². The predicted octanol–water partition coefficient (Wildman–Crippen LogP) is 4.84. The molecule has 0 spiro atoms. The molecule has 4 aromatic rings. The van der Waals surface area contributed by atoms with E-state index in [1.165, 1.54) is 11.3 Å². The van der Waals surface area contributed by atoms with E-state index in [1.807, 2.05) is 91.9 Å². The number of thiazole rings is 1. The van der Waals surface area contributed by atoms with Gasteiger partial charge in [-0.05, 0) is 67.4 Å². The van der Waals surface area contributed by atoms with E-state index in [2.05, 4.69) is 11.9 Å². The van der Waals surface area contributed by atoms with E-state index in [0.717, 1.165) is 11.1 Å². The maximum Gasteiger partial charge on any atom is 0.271 e. The smallest absolute Gasteiger partial charge is 0.271 e. The highest BCUT2D eigenvalue weighted by Crippen LogP contribution is 2.31. The van der Waals surface area contributed by atoms with Crippen LogP contribution in [0.3, 0.4) is 0 Å². The highest BCUT2D eigenvalue weighted by atomic mass is 32.1. The number of rotatable bonds is 9. The summed E-state index contributed by atoms with van der Waals surface area (Å²) in [6.45, 7) is 8.34. The van der Waals surface area contributed by atoms with Crippen molar-refractivity contribution in [3.05, 3.63) is 134 Å². The van der Waals surface area contributed by atoms with E-state index in [0.29, 0.717) is 51.0 Å². The largest absolute Gasteiger partial charge is 0.494 e. The highest BCUT2D eigenvalue weighted by molar-refractivity contribution is 7.07. The molecule has 1 aliphatic rings. The van der Waals surface area contributed by atoms with Gasteiger partial charge in [-0.3, -0.25) is 14.2 Å². The number of hydrogen-bond acceptors (Lipinski definition) is 6. The second-order valence-electron chi connectivity index (χ2n) is 9.08. The number of ether oxygens (including phenoxy) is 2. The first-order valence-electron chi connectivity index (χ1n) is 12.9. The molecule has 0 saturated heterocycles. The Balaban J connectivity index is 1.62. The SMILES string of the molecule is C=CCOc1cccc(/C=c2\sc3n(c2=O)[C@@H](c2ccc(OCC)cc2)C(C(=O)Nc2ccccc2)=C(C)N=3)c1. The zero-order valence-corrected chi connectivity index (χ0v) is 23.1. The second kappa shape index (κ2) is 12.0. The van der Waals surface area contributed by atoms with Crippen LogP contribution in [0.1, 0.15) is 31.0 Å². The van der Waals surface area contributed by atoms with Crippen molar-refractivity contribution in [3.8, 4) is 11.5 Å². The summed E-state index contributed by atoms with van der Waals surface area (Å²) in [5.41, 5.74) is 3.00. The third kappa shape index (κ3) is 5.67. The molecule has 0 radical (unpaired) electrons. The molecule has 2 heterocycles. The molecule has 1 aliphatic heterocycles. The molecule has 40 heavy (non-hydrogen) atoms. The van der Waals surface area contributed by atoms with E-state index in [-0.39, 0.29) is 11.5 Å². The number of amides is 1. The minimum Gasteiger partial charge on any atom is -0.494 e. The Kier molecular flexibility index (Phi) is 8.07. The molecule has 0 saturated carbocycles. The highest BCUT2D eigenvalue weighted by Gasteiger charge is 2.32. The molecule has 8 heteroatoms. The average molecular weight is 552 g/mol. The van der Waals surface area contributed by atoms with Gasteiger partial charge in [0.05, 0.1) is 28.5 Å². The van der Waals surface area contributed by atoms with Crippen LogP contribution in [0.15, 0.2) is 113 Å². The summed E-state index contributed by atoms with van der Waals surface area (Å²) in [4.78, 5) is 32.8. The number of carbonyl (C=O) groups excluding carboxylic acids is 1. The van der Waals surface area contributed by atoms with Gasteiger partial charge in [0, 0.05) is 5.69 Å². The summed E-state index contributed by atoms with van der Waals surface area (Å²) >= 11 is 1.29. The summed E-state index contributed by atoms with van der Waals surface area (Å²) < 4.78 is 13.4. The van der Waals surface area contributed by atoms with Crippen molar-refractivity contribution in [1.29, 1.82) is 0 Å². The van der Waals surface area contributed by atoms with Crippen LogP contribution in [0, 0.1) is 0 Å². The Hall–Kier alpha value is -4.69. The van der Waals surface area contributed by atoms with Gasteiger partial charge in [-0.15, -0.1) is 0 Å². The average Bonchev–Trinajstić information content (AvgIpc) is 3.26. The van der Waals surface area contributed by atoms with Gasteiger partial charge in [0.1, 0.15) is 18.1 Å². The molecule has 1 aromatic heterocycles. The summed E-state index contributed by atoms with van der Waals surface area (Å²) in [6, 6.07) is 23.6. The van der Waals surface area contributed by atoms with Crippen molar-refractivity contribution >= 4 is 29.0 Å². The minimum absolute atomic E-state index is 0.224. The van der Waals surface area contributed by atoms with Gasteiger partial charge in [-0.25, -0.2) is 4.99 Å². The van der Waals surface area contributed by atoms with E-state index in [9.17, 15) is 9.59 Å². The number of anilines is 1. The quantitative estimate of drug-likeness (QED) is 0.302. The Morgan fingerprint density at radius 1 is 1.05 bits per heavy atom. The normalized spacial score (nSPS) is 14.8. The first-order valence-corrected chi connectivity index (χ1v) is 13.8. The van der Waals surface area contributed by atoms with Crippen molar-refractivity contribution < 1.29 is 14.3 Å². The van der Waals surface area contributed by atoms with Gasteiger partial charge < -0.3 is 14.8 Å². The molecule has 5 rings (SSSR count). The Bertz CT molecular complexity index is 1750. The molecule has 202 valence electrons. The molecule has 1 amide bonds. The van der Waals surface area contributed by atoms with Gasteiger partial charge in [-0.2, -0.15) is 0 Å². The van der Waals surface area contributed by atoms with Crippen LogP contribution in [-0.2, 0) is 4.79 Å². The first kappa shape index (κ1) is 26.9. The fourth-order valence-corrected chi connectivity index (χ4v) is 5.61. The molecule has 0 unspecified atom stereocenters. The van der Waals surface area contributed by atoms with Crippen molar-refractivity contribution in [2.45, 2.75) is 19.9 Å². The van der Waals surface area contributed by atoms with Gasteiger partial charge >= 0.3 is 0 Å². The molecule has 0 fully saturated rings. The molecule has 7 nitrogen and oxygen atoms in total. The number of fused-ring (bicyclic) bond motifs is 1. The fourth-order valence-electron chi connectivity index (χ4n) is 4.56. The van der Waals surface area contributed by atoms with E-state index < -0.39 is 6.04 Å². The van der Waals surface area contributed by atoms with E-state index in [1.54, 1.807) is 17.6 Å². The summed E-state index contributed by atoms with van der Waals surface area (Å²) in [7, 11) is 0. The second-order valence-corrected chi connectivity index (χ2v) is 10.1. The van der Waals surface area contributed by atoms with Gasteiger partial charge in [0.2, 0.25) is 0 Å². The molecule has 3 aromatic carbocycles. The van der Waals surface area contributed by atoms with Crippen LogP contribution >= 0.6 is 11.3 Å². The predicted molar refractivity (Wildman–Crippen MR) is 159 cm³/mol. The van der Waals surface area contributed by atoms with Crippen LogP contribution in [-0.4, -0.2) is 23.7 Å². The Morgan fingerprint density at radius 2 is 1.82 bits per heavy atom. The standard InChI is InChI=1S/C32H29N3O4S/c1-4-18-39-26-13-9-10-22(19-26)20-27-31(37)35-29(23-14-16-25(17-15-23)38-5-2)28(21(3)33-32(35)40-27)30(36)34-24-11-7-6-8-12-24/h4,6-17,19-20,29H,1,5,18H2,2-3H3,(H,34,36)/b27-20-/t29-/m0/s1. The Morgan fingerprint density at radius 3 is 2.55 bits per heavy atom. The van der Waals surface area contributed by atoms with Gasteiger partial charge in [-0.1, -0.05) is 66.5 Å². The van der Waals surface area contributed by atoms with Crippen LogP contribution < -0.4 is 29.7 Å². The number of allylic oxidation sites excluding steroid dienone is 1. The van der Waals surface area contributed by atoms with E-state index in [4.69, 9.17) is 14.5 Å². The van der Waals surface area contributed by atoms with Crippen molar-refractivity contribution in [2.75, 3.05) is 18.5 Å². The number of aromatic nitrogens is 1. The number of carbonyl (C=O) groups is 1. The van der Waals surface area contributed by atoms with Crippen LogP contribution in [0.4, 0.5) is 5.69 Å². The van der Waals surface area contributed by atoms with E-state index >= 15 is 0 Å². The Labute approximate surface area is 236 Å². The summed E-state index contributed by atoms with van der Waals surface area (Å²) in [5, 5.41) is 2.97. The lowest BCUT2D eigenvalue weighted by Gasteiger charge is -2.25. The molecular weight excluding hydrogens is 522 g/mol. The molecule has 0 aliphatic carbocycles. The number of nitrogens with one attached hydrogen (secondary N) is 1. The molecule has 1 atom stereocenters. The van der Waals surface area contributed by atoms with Gasteiger partial charge in [0.25, 0.3) is 11.5 Å². The lowest BCUT2D eigenvalue weighted by atomic mass is 9.95. The first-order chi connectivity index (χ1) is 19.5. The minimum atomic E-state index is -0.667. The molecule has 1 N–H and O–H groups in total. The maximum absolute atomic E-state index is 13.9. The topological polar surface area (TPSA) is 81.9 Å². The van der Waals surface area contributed by atoms with Crippen LogP contribution in [0.5, 0.6) is 11.5 Å². The number of hydrogen-bond donors (Lipinski definition) is 1. The van der Waals surface area contributed by atoms with Crippen molar-refractivity contribution in [3.63, 3.8) is 0 Å². The number of benzene rings is 3. The van der Waals surface area contributed by atoms with Crippen molar-refractivity contribution in [1.82, 2.24) is 4.57 Å².